The van der Waals surface area contributed by atoms with Crippen molar-refractivity contribution in [1.29, 1.82) is 0 Å². The molecule has 11 heavy (non-hydrogen) atoms. The second kappa shape index (κ2) is 3.14. The zero-order chi connectivity index (χ0) is 7.68. The minimum absolute atomic E-state index is 0.984. The second-order valence-electron chi connectivity index (χ2n) is 4.31. The molecule has 1 aliphatic carbocycles. The number of nitrogens with one attached hydrogen (secondary N) is 1. The molecule has 0 bridgehead atoms. The normalized spacial score (nSPS) is 40.1. The van der Waals surface area contributed by atoms with Crippen molar-refractivity contribution in [3.8, 4) is 0 Å². The molecular formula is C10H19N. The topological polar surface area (TPSA) is 12.0 Å². The lowest BCUT2D eigenvalue weighted by molar-refractivity contribution is 0.308. The highest BCUT2D eigenvalue weighted by molar-refractivity contribution is 4.86. The maximum atomic E-state index is 3.49. The summed E-state index contributed by atoms with van der Waals surface area (Å²) < 4.78 is 0. The Morgan fingerprint density at radius 2 is 1.73 bits per heavy atom. The van der Waals surface area contributed by atoms with Crippen LogP contribution in [0.5, 0.6) is 0 Å². The van der Waals surface area contributed by atoms with Crippen LogP contribution in [0, 0.1) is 17.8 Å². The fourth-order valence-corrected chi connectivity index (χ4v) is 2.45. The standard InChI is InChI=1S/C10H19N/c1-8-4-6-11-7-5-10(8)9-2-3-9/h8-11H,2-7H2,1H3/t8?,10-/m1/s1. The van der Waals surface area contributed by atoms with E-state index in [4.69, 9.17) is 0 Å². The van der Waals surface area contributed by atoms with Gasteiger partial charge in [0.05, 0.1) is 0 Å². The number of hydrogen-bond donors (Lipinski definition) is 1. The second-order valence-corrected chi connectivity index (χ2v) is 4.31. The summed E-state index contributed by atoms with van der Waals surface area (Å²) in [7, 11) is 0. The van der Waals surface area contributed by atoms with Gasteiger partial charge in [-0.2, -0.15) is 0 Å². The van der Waals surface area contributed by atoms with Crippen molar-refractivity contribution in [2.75, 3.05) is 13.1 Å². The SMILES string of the molecule is CC1CCNCC[C@H]1C1CC1. The molecule has 0 aromatic rings. The molecule has 1 saturated heterocycles. The number of rotatable bonds is 1. The van der Waals surface area contributed by atoms with Crippen LogP contribution in [0.1, 0.15) is 32.6 Å². The third-order valence-electron chi connectivity index (χ3n) is 3.39. The molecule has 64 valence electrons. The van der Waals surface area contributed by atoms with E-state index in [1.165, 1.54) is 38.8 Å². The van der Waals surface area contributed by atoms with Crippen LogP contribution in [0.15, 0.2) is 0 Å². The molecule has 1 saturated carbocycles. The van der Waals surface area contributed by atoms with Crippen molar-refractivity contribution < 1.29 is 0 Å². The lowest BCUT2D eigenvalue weighted by atomic mass is 9.86. The summed E-state index contributed by atoms with van der Waals surface area (Å²) in [4.78, 5) is 0. The first-order valence-electron chi connectivity index (χ1n) is 5.08. The van der Waals surface area contributed by atoms with Crippen LogP contribution in [-0.4, -0.2) is 13.1 Å². The molecule has 0 aromatic carbocycles. The maximum Gasteiger partial charge on any atom is -0.00461 e. The van der Waals surface area contributed by atoms with E-state index in [2.05, 4.69) is 12.2 Å². The summed E-state index contributed by atoms with van der Waals surface area (Å²) in [6, 6.07) is 0. The number of hydrogen-bond acceptors (Lipinski definition) is 1. The lowest BCUT2D eigenvalue weighted by Gasteiger charge is -2.19. The van der Waals surface area contributed by atoms with Gasteiger partial charge in [0, 0.05) is 0 Å². The summed E-state index contributed by atoms with van der Waals surface area (Å²) in [5.74, 6) is 3.16. The molecule has 1 heteroatoms. The third kappa shape index (κ3) is 1.76. The van der Waals surface area contributed by atoms with Gasteiger partial charge < -0.3 is 5.32 Å². The molecule has 0 amide bonds. The molecule has 2 aliphatic rings. The third-order valence-corrected chi connectivity index (χ3v) is 3.39. The summed E-state index contributed by atoms with van der Waals surface area (Å²) in [5, 5.41) is 3.49. The summed E-state index contributed by atoms with van der Waals surface area (Å²) >= 11 is 0. The average molecular weight is 153 g/mol. The molecule has 1 aliphatic heterocycles. The quantitative estimate of drug-likeness (QED) is 0.608. The molecule has 1 unspecified atom stereocenters. The molecule has 0 aromatic heterocycles. The van der Waals surface area contributed by atoms with Gasteiger partial charge in [-0.1, -0.05) is 6.92 Å². The largest absolute Gasteiger partial charge is 0.317 e. The Balaban J connectivity index is 1.91. The fourth-order valence-electron chi connectivity index (χ4n) is 2.45. The highest BCUT2D eigenvalue weighted by Gasteiger charge is 2.34. The molecule has 0 spiro atoms. The molecule has 0 radical (unpaired) electrons. The van der Waals surface area contributed by atoms with Gasteiger partial charge in [0.1, 0.15) is 0 Å². The Hall–Kier alpha value is -0.0400. The first kappa shape index (κ1) is 7.60. The molecule has 1 N–H and O–H groups in total. The van der Waals surface area contributed by atoms with Crippen LogP contribution in [-0.2, 0) is 0 Å². The maximum absolute atomic E-state index is 3.49. The first-order chi connectivity index (χ1) is 5.38. The minimum atomic E-state index is 0.984. The van der Waals surface area contributed by atoms with Gasteiger partial charge in [-0.05, 0) is 56.5 Å². The van der Waals surface area contributed by atoms with Crippen LogP contribution in [0.3, 0.4) is 0 Å². The van der Waals surface area contributed by atoms with E-state index >= 15 is 0 Å². The Morgan fingerprint density at radius 1 is 1.00 bits per heavy atom. The Labute approximate surface area is 69.6 Å². The predicted octanol–water partition coefficient (Wildman–Crippen LogP) is 2.03. The van der Waals surface area contributed by atoms with Gasteiger partial charge in [-0.3, -0.25) is 0 Å². The van der Waals surface area contributed by atoms with E-state index in [0.29, 0.717) is 0 Å². The van der Waals surface area contributed by atoms with Crippen LogP contribution < -0.4 is 5.32 Å². The van der Waals surface area contributed by atoms with Crippen molar-refractivity contribution in [3.63, 3.8) is 0 Å². The first-order valence-corrected chi connectivity index (χ1v) is 5.08. The van der Waals surface area contributed by atoms with Gasteiger partial charge in [0.25, 0.3) is 0 Å². The summed E-state index contributed by atoms with van der Waals surface area (Å²) in [6.07, 6.45) is 5.89. The fraction of sp³-hybridized carbons (Fsp3) is 1.00. The highest BCUT2D eigenvalue weighted by Crippen LogP contribution is 2.43. The van der Waals surface area contributed by atoms with Crippen molar-refractivity contribution >= 4 is 0 Å². The van der Waals surface area contributed by atoms with E-state index in [0.717, 1.165) is 17.8 Å². The monoisotopic (exact) mass is 153 g/mol. The van der Waals surface area contributed by atoms with Gasteiger partial charge in [0.15, 0.2) is 0 Å². The van der Waals surface area contributed by atoms with E-state index in [-0.39, 0.29) is 0 Å². The Bertz CT molecular complexity index is 129. The molecule has 2 atom stereocenters. The molecule has 1 nitrogen and oxygen atoms in total. The van der Waals surface area contributed by atoms with Gasteiger partial charge in [-0.25, -0.2) is 0 Å². The van der Waals surface area contributed by atoms with Gasteiger partial charge in [0.2, 0.25) is 0 Å². The minimum Gasteiger partial charge on any atom is -0.317 e. The average Bonchev–Trinajstić information content (AvgIpc) is 2.74. The molecule has 1 heterocycles. The van der Waals surface area contributed by atoms with Crippen LogP contribution in [0.2, 0.25) is 0 Å². The van der Waals surface area contributed by atoms with E-state index in [1.807, 2.05) is 0 Å². The van der Waals surface area contributed by atoms with Crippen molar-refractivity contribution in [2.45, 2.75) is 32.6 Å². The Morgan fingerprint density at radius 3 is 2.45 bits per heavy atom. The van der Waals surface area contributed by atoms with Crippen molar-refractivity contribution in [2.24, 2.45) is 17.8 Å². The summed E-state index contributed by atoms with van der Waals surface area (Å²) in [5.41, 5.74) is 0. The van der Waals surface area contributed by atoms with Crippen molar-refractivity contribution in [1.82, 2.24) is 5.32 Å². The smallest absolute Gasteiger partial charge is 0.00461 e. The van der Waals surface area contributed by atoms with Crippen LogP contribution in [0.25, 0.3) is 0 Å². The Kier molecular flexibility index (Phi) is 2.17. The molecule has 2 rings (SSSR count). The van der Waals surface area contributed by atoms with Crippen LogP contribution >= 0.6 is 0 Å². The summed E-state index contributed by atoms with van der Waals surface area (Å²) in [6.45, 7) is 4.96. The van der Waals surface area contributed by atoms with E-state index in [1.54, 1.807) is 0 Å². The lowest BCUT2D eigenvalue weighted by Crippen LogP contribution is -2.14. The van der Waals surface area contributed by atoms with Gasteiger partial charge >= 0.3 is 0 Å². The van der Waals surface area contributed by atoms with E-state index in [9.17, 15) is 0 Å². The van der Waals surface area contributed by atoms with Crippen molar-refractivity contribution in [3.05, 3.63) is 0 Å². The van der Waals surface area contributed by atoms with E-state index < -0.39 is 0 Å². The molecule has 2 fully saturated rings. The zero-order valence-electron chi connectivity index (χ0n) is 7.47. The molecular weight excluding hydrogens is 134 g/mol. The van der Waals surface area contributed by atoms with Crippen LogP contribution in [0.4, 0.5) is 0 Å². The highest BCUT2D eigenvalue weighted by atomic mass is 14.9. The zero-order valence-corrected chi connectivity index (χ0v) is 7.47. The predicted molar refractivity (Wildman–Crippen MR) is 47.5 cm³/mol. The van der Waals surface area contributed by atoms with Gasteiger partial charge in [-0.15, -0.1) is 0 Å².